The maximum atomic E-state index is 12.4. The molecule has 1 atom stereocenters. The average molecular weight is 336 g/mol. The van der Waals surface area contributed by atoms with Crippen LogP contribution in [0.15, 0.2) is 24.3 Å². The molecule has 1 aromatic rings. The Hall–Kier alpha value is -1.10. The molecule has 5 heteroatoms. The van der Waals surface area contributed by atoms with Gasteiger partial charge in [0.25, 0.3) is 0 Å². The lowest BCUT2D eigenvalue weighted by molar-refractivity contribution is -0.126. The van der Waals surface area contributed by atoms with Crippen LogP contribution < -0.4 is 10.6 Å². The maximum absolute atomic E-state index is 12.4. The van der Waals surface area contributed by atoms with Crippen molar-refractivity contribution >= 4 is 17.5 Å². The van der Waals surface area contributed by atoms with Gasteiger partial charge in [-0.15, -0.1) is 0 Å². The minimum absolute atomic E-state index is 0.162. The van der Waals surface area contributed by atoms with Crippen LogP contribution in [-0.2, 0) is 4.79 Å². The zero-order chi connectivity index (χ0) is 16.1. The van der Waals surface area contributed by atoms with Gasteiger partial charge in [0.2, 0.25) is 5.91 Å². The van der Waals surface area contributed by atoms with Crippen LogP contribution in [0.4, 0.5) is 0 Å². The molecule has 0 spiro atoms. The number of benzene rings is 1. The van der Waals surface area contributed by atoms with Crippen LogP contribution >= 0.6 is 11.6 Å². The fourth-order valence-electron chi connectivity index (χ4n) is 3.65. The highest BCUT2D eigenvalue weighted by Crippen LogP contribution is 2.26. The Bertz CT molecular complexity index is 525. The molecule has 23 heavy (non-hydrogen) atoms. The van der Waals surface area contributed by atoms with Gasteiger partial charge in [-0.2, -0.15) is 0 Å². The number of hydrogen-bond acceptors (Lipinski definition) is 3. The van der Waals surface area contributed by atoms with Gasteiger partial charge in [0.15, 0.2) is 0 Å². The van der Waals surface area contributed by atoms with E-state index in [0.29, 0.717) is 6.54 Å². The lowest BCUT2D eigenvalue weighted by Gasteiger charge is -2.29. The van der Waals surface area contributed by atoms with Crippen molar-refractivity contribution in [2.45, 2.75) is 31.7 Å². The molecule has 0 aromatic heterocycles. The van der Waals surface area contributed by atoms with Gasteiger partial charge >= 0.3 is 0 Å². The number of likely N-dealkylation sites (tertiary alicyclic amines) is 1. The van der Waals surface area contributed by atoms with Crippen LogP contribution in [0.5, 0.6) is 0 Å². The van der Waals surface area contributed by atoms with E-state index in [1.807, 2.05) is 18.2 Å². The van der Waals surface area contributed by atoms with E-state index in [1.54, 1.807) is 0 Å². The second kappa shape index (κ2) is 8.13. The van der Waals surface area contributed by atoms with Crippen LogP contribution in [0.2, 0.25) is 5.02 Å². The zero-order valence-electron chi connectivity index (χ0n) is 13.6. The molecule has 2 saturated heterocycles. The first-order valence-corrected chi connectivity index (χ1v) is 9.10. The van der Waals surface area contributed by atoms with Crippen molar-refractivity contribution in [3.05, 3.63) is 34.9 Å². The van der Waals surface area contributed by atoms with Crippen LogP contribution in [-0.4, -0.2) is 43.5 Å². The molecule has 1 aromatic carbocycles. The number of halogens is 1. The van der Waals surface area contributed by atoms with Crippen LogP contribution in [0.3, 0.4) is 0 Å². The fourth-order valence-corrected chi connectivity index (χ4v) is 3.85. The number of piperidine rings is 1. The molecular formula is C18H26ClN3O. The second-order valence-electron chi connectivity index (χ2n) is 6.58. The van der Waals surface area contributed by atoms with Gasteiger partial charge in [-0.3, -0.25) is 9.69 Å². The van der Waals surface area contributed by atoms with Gasteiger partial charge in [0, 0.05) is 17.5 Å². The fraction of sp³-hybridized carbons (Fsp3) is 0.611. The van der Waals surface area contributed by atoms with Gasteiger partial charge in [-0.25, -0.2) is 0 Å². The summed E-state index contributed by atoms with van der Waals surface area (Å²) in [5.41, 5.74) is 1.20. The second-order valence-corrected chi connectivity index (χ2v) is 7.02. The van der Waals surface area contributed by atoms with Crippen molar-refractivity contribution < 1.29 is 4.79 Å². The Morgan fingerprint density at radius 1 is 1.30 bits per heavy atom. The van der Waals surface area contributed by atoms with Gasteiger partial charge in [0.05, 0.1) is 6.04 Å². The summed E-state index contributed by atoms with van der Waals surface area (Å²) in [7, 11) is 0. The Kier molecular flexibility index (Phi) is 5.92. The number of nitrogens with zero attached hydrogens (tertiary/aromatic N) is 1. The topological polar surface area (TPSA) is 44.4 Å². The first kappa shape index (κ1) is 16.7. The summed E-state index contributed by atoms with van der Waals surface area (Å²) >= 11 is 6.17. The standard InChI is InChI=1S/C18H26ClN3O/c19-16-5-3-4-15(12-16)17(22-10-1-2-11-22)13-21-18(23)14-6-8-20-9-7-14/h3-5,12,14,17,20H,1-2,6-11,13H2,(H,21,23). The van der Waals surface area contributed by atoms with Crippen LogP contribution in [0, 0.1) is 5.92 Å². The largest absolute Gasteiger partial charge is 0.354 e. The third-order valence-corrected chi connectivity index (χ3v) is 5.23. The first-order valence-electron chi connectivity index (χ1n) is 8.72. The maximum Gasteiger partial charge on any atom is 0.223 e. The Labute approximate surface area is 143 Å². The summed E-state index contributed by atoms with van der Waals surface area (Å²) in [6.07, 6.45) is 4.35. The predicted molar refractivity (Wildman–Crippen MR) is 93.6 cm³/mol. The van der Waals surface area contributed by atoms with E-state index in [0.717, 1.165) is 44.0 Å². The van der Waals surface area contributed by atoms with Gasteiger partial charge in [-0.1, -0.05) is 23.7 Å². The molecule has 1 unspecified atom stereocenters. The van der Waals surface area contributed by atoms with E-state index in [9.17, 15) is 4.79 Å². The van der Waals surface area contributed by atoms with Crippen molar-refractivity contribution in [1.82, 2.24) is 15.5 Å². The van der Waals surface area contributed by atoms with Crippen molar-refractivity contribution in [2.24, 2.45) is 5.92 Å². The van der Waals surface area contributed by atoms with Crippen molar-refractivity contribution in [3.63, 3.8) is 0 Å². The third kappa shape index (κ3) is 4.46. The average Bonchev–Trinajstić information content (AvgIpc) is 3.10. The summed E-state index contributed by atoms with van der Waals surface area (Å²) in [4.78, 5) is 14.9. The zero-order valence-corrected chi connectivity index (χ0v) is 14.3. The highest BCUT2D eigenvalue weighted by atomic mass is 35.5. The quantitative estimate of drug-likeness (QED) is 0.869. The van der Waals surface area contributed by atoms with E-state index in [-0.39, 0.29) is 17.9 Å². The number of carbonyl (C=O) groups excluding carboxylic acids is 1. The van der Waals surface area contributed by atoms with Gasteiger partial charge < -0.3 is 10.6 Å². The van der Waals surface area contributed by atoms with Gasteiger partial charge in [-0.05, 0) is 69.6 Å². The molecule has 3 rings (SSSR count). The van der Waals surface area contributed by atoms with E-state index in [4.69, 9.17) is 11.6 Å². The summed E-state index contributed by atoms with van der Waals surface area (Å²) in [5.74, 6) is 0.368. The Balaban J connectivity index is 1.65. The smallest absolute Gasteiger partial charge is 0.223 e. The van der Waals surface area contributed by atoms with E-state index in [1.165, 1.54) is 18.4 Å². The van der Waals surface area contributed by atoms with E-state index >= 15 is 0 Å². The number of amides is 1. The normalized spacial score (nSPS) is 21.3. The first-order chi connectivity index (χ1) is 11.2. The summed E-state index contributed by atoms with van der Waals surface area (Å²) < 4.78 is 0. The molecule has 0 saturated carbocycles. The highest BCUT2D eigenvalue weighted by molar-refractivity contribution is 6.30. The van der Waals surface area contributed by atoms with E-state index in [2.05, 4.69) is 21.6 Å². The Morgan fingerprint density at radius 2 is 2.04 bits per heavy atom. The Morgan fingerprint density at radius 3 is 2.74 bits per heavy atom. The third-order valence-electron chi connectivity index (χ3n) is 4.99. The molecule has 2 aliphatic rings. The summed E-state index contributed by atoms with van der Waals surface area (Å²) in [5, 5.41) is 7.26. The molecule has 2 aliphatic heterocycles. The predicted octanol–water partition coefficient (Wildman–Crippen LogP) is 2.59. The highest BCUT2D eigenvalue weighted by Gasteiger charge is 2.26. The molecule has 126 valence electrons. The van der Waals surface area contributed by atoms with Crippen molar-refractivity contribution in [3.8, 4) is 0 Å². The minimum Gasteiger partial charge on any atom is -0.354 e. The monoisotopic (exact) mass is 335 g/mol. The molecular weight excluding hydrogens is 310 g/mol. The number of rotatable bonds is 5. The molecule has 1 amide bonds. The van der Waals surface area contributed by atoms with Crippen molar-refractivity contribution in [2.75, 3.05) is 32.7 Å². The molecule has 4 nitrogen and oxygen atoms in total. The van der Waals surface area contributed by atoms with Crippen molar-refractivity contribution in [1.29, 1.82) is 0 Å². The molecule has 2 heterocycles. The van der Waals surface area contributed by atoms with Crippen LogP contribution in [0.25, 0.3) is 0 Å². The molecule has 0 aliphatic carbocycles. The number of hydrogen-bond donors (Lipinski definition) is 2. The molecule has 2 fully saturated rings. The van der Waals surface area contributed by atoms with E-state index < -0.39 is 0 Å². The molecule has 2 N–H and O–H groups in total. The lowest BCUT2D eigenvalue weighted by Crippen LogP contribution is -2.42. The SMILES string of the molecule is O=C(NCC(c1cccc(Cl)c1)N1CCCC1)C1CCNCC1. The molecule has 0 bridgehead atoms. The summed E-state index contributed by atoms with van der Waals surface area (Å²) in [6.45, 7) is 4.76. The minimum atomic E-state index is 0.162. The number of carbonyl (C=O) groups is 1. The van der Waals surface area contributed by atoms with Crippen LogP contribution in [0.1, 0.15) is 37.3 Å². The summed E-state index contributed by atoms with van der Waals surface area (Å²) in [6, 6.07) is 8.27. The molecule has 0 radical (unpaired) electrons. The number of nitrogens with one attached hydrogen (secondary N) is 2. The van der Waals surface area contributed by atoms with Gasteiger partial charge in [0.1, 0.15) is 0 Å². The lowest BCUT2D eigenvalue weighted by atomic mass is 9.97.